The van der Waals surface area contributed by atoms with Gasteiger partial charge >= 0.3 is 0 Å². The second-order valence-corrected chi connectivity index (χ2v) is 4.92. The van der Waals surface area contributed by atoms with Gasteiger partial charge in [0.1, 0.15) is 23.2 Å². The second kappa shape index (κ2) is 5.57. The van der Waals surface area contributed by atoms with Crippen molar-refractivity contribution in [1.29, 1.82) is 0 Å². The summed E-state index contributed by atoms with van der Waals surface area (Å²) in [5.74, 6) is 1.55. The Balaban J connectivity index is 1.73. The molecular weight excluding hydrogens is 293 g/mol. The van der Waals surface area contributed by atoms with E-state index >= 15 is 0 Å². The van der Waals surface area contributed by atoms with Gasteiger partial charge < -0.3 is 19.9 Å². The Morgan fingerprint density at radius 3 is 2.81 bits per heavy atom. The molecule has 2 aromatic carbocycles. The van der Waals surface area contributed by atoms with E-state index in [0.717, 1.165) is 5.56 Å². The van der Waals surface area contributed by atoms with Gasteiger partial charge in [-0.2, -0.15) is 0 Å². The highest BCUT2D eigenvalue weighted by molar-refractivity contribution is 7.80. The molecule has 0 radical (unpaired) electrons. The van der Waals surface area contributed by atoms with Crippen LogP contribution in [0.5, 0.6) is 17.2 Å². The molecule has 0 bridgehead atoms. The molecule has 0 atom stereocenters. The van der Waals surface area contributed by atoms with Crippen LogP contribution in [0, 0.1) is 5.82 Å². The molecule has 6 heteroatoms. The zero-order chi connectivity index (χ0) is 14.8. The number of nitrogens with two attached hydrogens (primary N) is 1. The normalized spacial score (nSPS) is 12.2. The van der Waals surface area contributed by atoms with Crippen LogP contribution in [0.3, 0.4) is 0 Å². The van der Waals surface area contributed by atoms with Crippen molar-refractivity contribution in [1.82, 2.24) is 0 Å². The summed E-state index contributed by atoms with van der Waals surface area (Å²) in [6, 6.07) is 9.86. The van der Waals surface area contributed by atoms with Gasteiger partial charge in [0.2, 0.25) is 6.79 Å². The molecule has 108 valence electrons. The molecule has 0 fully saturated rings. The van der Waals surface area contributed by atoms with E-state index in [1.807, 2.05) is 0 Å². The van der Waals surface area contributed by atoms with Gasteiger partial charge in [-0.25, -0.2) is 4.39 Å². The van der Waals surface area contributed by atoms with Gasteiger partial charge in [0.25, 0.3) is 0 Å². The Labute approximate surface area is 126 Å². The van der Waals surface area contributed by atoms with Gasteiger partial charge in [0, 0.05) is 11.6 Å². The number of thiocarbonyl (C=S) groups is 1. The average Bonchev–Trinajstić information content (AvgIpc) is 2.93. The molecule has 2 aromatic rings. The first-order chi connectivity index (χ1) is 10.1. The maximum atomic E-state index is 13.5. The van der Waals surface area contributed by atoms with E-state index in [2.05, 4.69) is 0 Å². The summed E-state index contributed by atoms with van der Waals surface area (Å²) in [5, 5.41) is 0. The number of hydrogen-bond acceptors (Lipinski definition) is 4. The summed E-state index contributed by atoms with van der Waals surface area (Å²) in [6.07, 6.45) is 0. The third-order valence-corrected chi connectivity index (χ3v) is 3.27. The van der Waals surface area contributed by atoms with Crippen molar-refractivity contribution in [3.63, 3.8) is 0 Å². The molecule has 2 N–H and O–H groups in total. The lowest BCUT2D eigenvalue weighted by Crippen LogP contribution is -2.12. The number of ether oxygens (including phenoxy) is 3. The van der Waals surface area contributed by atoms with Crippen molar-refractivity contribution in [2.24, 2.45) is 5.73 Å². The number of rotatable bonds is 4. The van der Waals surface area contributed by atoms with Crippen LogP contribution in [0.25, 0.3) is 0 Å². The number of benzene rings is 2. The number of halogens is 1. The van der Waals surface area contributed by atoms with Gasteiger partial charge in [-0.3, -0.25) is 0 Å². The average molecular weight is 305 g/mol. The molecule has 0 aliphatic carbocycles. The highest BCUT2D eigenvalue weighted by Gasteiger charge is 2.14. The van der Waals surface area contributed by atoms with Crippen molar-refractivity contribution in [3.8, 4) is 17.2 Å². The van der Waals surface area contributed by atoms with E-state index in [1.54, 1.807) is 30.3 Å². The molecule has 4 nitrogen and oxygen atoms in total. The molecule has 0 amide bonds. The summed E-state index contributed by atoms with van der Waals surface area (Å²) in [5.41, 5.74) is 6.47. The van der Waals surface area contributed by atoms with Crippen molar-refractivity contribution < 1.29 is 18.6 Å². The first-order valence-electron chi connectivity index (χ1n) is 6.24. The van der Waals surface area contributed by atoms with Crippen LogP contribution in [0.4, 0.5) is 4.39 Å². The fourth-order valence-corrected chi connectivity index (χ4v) is 2.14. The first kappa shape index (κ1) is 13.6. The maximum absolute atomic E-state index is 13.5. The Morgan fingerprint density at radius 2 is 2.00 bits per heavy atom. The Hall–Kier alpha value is -2.34. The fourth-order valence-electron chi connectivity index (χ4n) is 1.98. The lowest BCUT2D eigenvalue weighted by atomic mass is 10.1. The third-order valence-electron chi connectivity index (χ3n) is 3.05. The fraction of sp³-hybridized carbons (Fsp3) is 0.133. The monoisotopic (exact) mass is 305 g/mol. The van der Waals surface area contributed by atoms with Gasteiger partial charge in [-0.15, -0.1) is 0 Å². The molecule has 1 aliphatic rings. The molecule has 0 spiro atoms. The van der Waals surface area contributed by atoms with E-state index in [9.17, 15) is 4.39 Å². The highest BCUT2D eigenvalue weighted by atomic mass is 32.1. The summed E-state index contributed by atoms with van der Waals surface area (Å²) in [6.45, 7) is 0.490. The highest BCUT2D eigenvalue weighted by Crippen LogP contribution is 2.35. The van der Waals surface area contributed by atoms with E-state index in [-0.39, 0.29) is 24.0 Å². The van der Waals surface area contributed by atoms with E-state index < -0.39 is 5.82 Å². The maximum Gasteiger partial charge on any atom is 0.231 e. The van der Waals surface area contributed by atoms with Crippen molar-refractivity contribution >= 4 is 17.2 Å². The minimum absolute atomic E-state index is 0.0254. The Morgan fingerprint density at radius 1 is 1.19 bits per heavy atom. The van der Waals surface area contributed by atoms with Gasteiger partial charge in [0.05, 0.1) is 0 Å². The zero-order valence-electron chi connectivity index (χ0n) is 11.0. The van der Waals surface area contributed by atoms with Gasteiger partial charge in [-0.05, 0) is 29.8 Å². The van der Waals surface area contributed by atoms with Crippen LogP contribution in [0.1, 0.15) is 11.1 Å². The van der Waals surface area contributed by atoms with Crippen molar-refractivity contribution in [2.45, 2.75) is 6.61 Å². The van der Waals surface area contributed by atoms with Crippen LogP contribution < -0.4 is 19.9 Å². The first-order valence-corrected chi connectivity index (χ1v) is 6.65. The molecule has 21 heavy (non-hydrogen) atoms. The minimum atomic E-state index is -0.436. The standard InChI is InChI=1S/C15H12FNO3S/c16-12-3-1-9(5-11(12)15(17)21)7-18-10-2-4-13-14(6-10)20-8-19-13/h1-6H,7-8H2,(H2,17,21). The van der Waals surface area contributed by atoms with E-state index in [4.69, 9.17) is 32.2 Å². The van der Waals surface area contributed by atoms with Crippen molar-refractivity contribution in [2.75, 3.05) is 6.79 Å². The smallest absolute Gasteiger partial charge is 0.231 e. The van der Waals surface area contributed by atoms with Crippen LogP contribution in [0.15, 0.2) is 36.4 Å². The molecule has 0 unspecified atom stereocenters. The van der Waals surface area contributed by atoms with Crippen LogP contribution in [-0.2, 0) is 6.61 Å². The van der Waals surface area contributed by atoms with E-state index in [0.29, 0.717) is 17.2 Å². The molecule has 1 heterocycles. The Kier molecular flexibility index (Phi) is 3.62. The molecule has 3 rings (SSSR count). The van der Waals surface area contributed by atoms with Gasteiger partial charge in [0.15, 0.2) is 11.5 Å². The molecule has 0 saturated heterocycles. The number of hydrogen-bond donors (Lipinski definition) is 1. The lowest BCUT2D eigenvalue weighted by Gasteiger charge is -2.09. The van der Waals surface area contributed by atoms with Crippen LogP contribution in [0.2, 0.25) is 0 Å². The molecule has 0 saturated carbocycles. The summed E-state index contributed by atoms with van der Waals surface area (Å²) < 4.78 is 29.6. The molecular formula is C15H12FNO3S. The predicted octanol–water partition coefficient (Wildman–Crippen LogP) is 2.77. The summed E-state index contributed by atoms with van der Waals surface area (Å²) >= 11 is 4.81. The molecule has 1 aliphatic heterocycles. The van der Waals surface area contributed by atoms with Crippen LogP contribution in [-0.4, -0.2) is 11.8 Å². The molecule has 0 aromatic heterocycles. The predicted molar refractivity (Wildman–Crippen MR) is 79.2 cm³/mol. The quantitative estimate of drug-likeness (QED) is 0.880. The van der Waals surface area contributed by atoms with Crippen molar-refractivity contribution in [3.05, 3.63) is 53.3 Å². The zero-order valence-corrected chi connectivity index (χ0v) is 11.8. The number of fused-ring (bicyclic) bond motifs is 1. The lowest BCUT2D eigenvalue weighted by molar-refractivity contribution is 0.173. The van der Waals surface area contributed by atoms with Crippen LogP contribution >= 0.6 is 12.2 Å². The third kappa shape index (κ3) is 2.90. The summed E-state index contributed by atoms with van der Waals surface area (Å²) in [7, 11) is 0. The SMILES string of the molecule is NC(=S)c1cc(COc2ccc3c(c2)OCO3)ccc1F. The minimum Gasteiger partial charge on any atom is -0.489 e. The topological polar surface area (TPSA) is 53.7 Å². The van der Waals surface area contributed by atoms with Gasteiger partial charge in [-0.1, -0.05) is 18.3 Å². The van der Waals surface area contributed by atoms with E-state index in [1.165, 1.54) is 6.07 Å². The second-order valence-electron chi connectivity index (χ2n) is 4.48. The Bertz CT molecular complexity index is 705. The largest absolute Gasteiger partial charge is 0.489 e. The summed E-state index contributed by atoms with van der Waals surface area (Å²) in [4.78, 5) is 0.0254.